The maximum atomic E-state index is 13.0. The Kier molecular flexibility index (Phi) is 6.69. The minimum absolute atomic E-state index is 0.0528. The second-order valence-corrected chi connectivity index (χ2v) is 8.92. The van der Waals surface area contributed by atoms with Gasteiger partial charge in [0.1, 0.15) is 0 Å². The van der Waals surface area contributed by atoms with Crippen molar-refractivity contribution < 1.29 is 19.4 Å². The van der Waals surface area contributed by atoms with Crippen molar-refractivity contribution >= 4 is 51.2 Å². The summed E-state index contributed by atoms with van der Waals surface area (Å²) in [5.74, 6) is 0.00282. The molecule has 0 atom stereocenters. The number of nitrogens with one attached hydrogen (secondary N) is 3. The zero-order valence-corrected chi connectivity index (χ0v) is 20.3. The summed E-state index contributed by atoms with van der Waals surface area (Å²) in [5, 5.41) is 22.9. The van der Waals surface area contributed by atoms with Crippen LogP contribution in [-0.4, -0.2) is 64.4 Å². The molecular formula is C24H25N7O4S. The van der Waals surface area contributed by atoms with Gasteiger partial charge in [0.25, 0.3) is 5.91 Å². The molecule has 186 valence electrons. The molecule has 1 saturated heterocycles. The standard InChI is InChI=1S/C24H25N7O4S/c1-2-35-24(34)27-16-4-3-15-13-31(23(33)17(15)11-16)20-14-36-22(29-20)21(32)28-18-12-26-6-5-19(18)30-9-7-25-8-10-30/h3-6,11-14,25,33H,2,7-10H2,1H3,(H,27,34)(H,28,32). The summed E-state index contributed by atoms with van der Waals surface area (Å²) in [6.45, 7) is 5.41. The van der Waals surface area contributed by atoms with Gasteiger partial charge in [0, 0.05) is 60.4 Å². The average Bonchev–Trinajstić information content (AvgIpc) is 3.50. The van der Waals surface area contributed by atoms with E-state index in [4.69, 9.17) is 4.74 Å². The van der Waals surface area contributed by atoms with Crippen LogP contribution in [0, 0.1) is 0 Å². The summed E-state index contributed by atoms with van der Waals surface area (Å²) in [5.41, 5.74) is 2.03. The number of aromatic hydroxyl groups is 1. The van der Waals surface area contributed by atoms with Crippen molar-refractivity contribution in [2.45, 2.75) is 6.92 Å². The van der Waals surface area contributed by atoms with Crippen LogP contribution < -0.4 is 20.9 Å². The van der Waals surface area contributed by atoms with Gasteiger partial charge in [0.2, 0.25) is 5.88 Å². The van der Waals surface area contributed by atoms with Crippen molar-refractivity contribution in [2.24, 2.45) is 0 Å². The molecule has 4 aromatic rings. The highest BCUT2D eigenvalue weighted by Crippen LogP contribution is 2.33. The van der Waals surface area contributed by atoms with Crippen LogP contribution in [0.25, 0.3) is 16.6 Å². The van der Waals surface area contributed by atoms with Crippen LogP contribution in [0.4, 0.5) is 21.9 Å². The van der Waals surface area contributed by atoms with Crippen molar-refractivity contribution in [3.05, 3.63) is 53.2 Å². The van der Waals surface area contributed by atoms with E-state index in [1.54, 1.807) is 49.1 Å². The number of carbonyl (C=O) groups is 2. The number of thiazole rings is 1. The van der Waals surface area contributed by atoms with Crippen molar-refractivity contribution in [1.82, 2.24) is 19.9 Å². The molecule has 0 bridgehead atoms. The summed E-state index contributed by atoms with van der Waals surface area (Å²) in [6, 6.07) is 7.03. The summed E-state index contributed by atoms with van der Waals surface area (Å²) < 4.78 is 6.40. The van der Waals surface area contributed by atoms with E-state index in [2.05, 4.69) is 30.8 Å². The monoisotopic (exact) mass is 507 g/mol. The van der Waals surface area contributed by atoms with E-state index in [1.165, 1.54) is 15.9 Å². The molecule has 1 aromatic carbocycles. The third-order valence-corrected chi connectivity index (χ3v) is 6.58. The zero-order chi connectivity index (χ0) is 25.1. The van der Waals surface area contributed by atoms with Gasteiger partial charge in [-0.15, -0.1) is 11.3 Å². The summed E-state index contributed by atoms with van der Waals surface area (Å²) in [6.07, 6.45) is 4.50. The van der Waals surface area contributed by atoms with E-state index < -0.39 is 6.09 Å². The quantitative estimate of drug-likeness (QED) is 0.312. The lowest BCUT2D eigenvalue weighted by molar-refractivity contribution is 0.102. The highest BCUT2D eigenvalue weighted by molar-refractivity contribution is 7.12. The topological polar surface area (TPSA) is 134 Å². The first-order chi connectivity index (χ1) is 17.5. The number of fused-ring (bicyclic) bond motifs is 1. The number of hydrogen-bond donors (Lipinski definition) is 4. The van der Waals surface area contributed by atoms with Gasteiger partial charge >= 0.3 is 6.09 Å². The normalized spacial score (nSPS) is 13.5. The second-order valence-electron chi connectivity index (χ2n) is 8.07. The number of rotatable bonds is 6. The van der Waals surface area contributed by atoms with Gasteiger partial charge < -0.3 is 25.4 Å². The van der Waals surface area contributed by atoms with Gasteiger partial charge in [-0.25, -0.2) is 9.78 Å². The third-order valence-electron chi connectivity index (χ3n) is 5.75. The van der Waals surface area contributed by atoms with Gasteiger partial charge in [0.05, 0.1) is 24.2 Å². The fourth-order valence-corrected chi connectivity index (χ4v) is 4.74. The van der Waals surface area contributed by atoms with Crippen molar-refractivity contribution in [3.63, 3.8) is 0 Å². The summed E-state index contributed by atoms with van der Waals surface area (Å²) >= 11 is 1.18. The van der Waals surface area contributed by atoms with E-state index >= 15 is 0 Å². The molecule has 0 saturated carbocycles. The smallest absolute Gasteiger partial charge is 0.411 e. The number of ether oxygens (including phenoxy) is 1. The lowest BCUT2D eigenvalue weighted by Gasteiger charge is -2.30. The SMILES string of the molecule is CCOC(=O)Nc1ccc2cn(-c3csc(C(=O)Nc4cnccc4N4CCNCC4)n3)c(O)c2c1. The molecule has 0 radical (unpaired) electrons. The van der Waals surface area contributed by atoms with Crippen LogP contribution >= 0.6 is 11.3 Å². The number of amides is 2. The number of benzene rings is 1. The molecule has 1 aliphatic heterocycles. The van der Waals surface area contributed by atoms with Crippen molar-refractivity contribution in [3.8, 4) is 11.7 Å². The number of piperazine rings is 1. The van der Waals surface area contributed by atoms with Crippen molar-refractivity contribution in [1.29, 1.82) is 0 Å². The molecule has 1 aliphatic rings. The Hall–Kier alpha value is -4.16. The van der Waals surface area contributed by atoms with E-state index in [0.29, 0.717) is 22.6 Å². The van der Waals surface area contributed by atoms with Crippen LogP contribution in [0.5, 0.6) is 5.88 Å². The molecule has 3 aromatic heterocycles. The number of anilines is 3. The Morgan fingerprint density at radius 2 is 2.06 bits per heavy atom. The van der Waals surface area contributed by atoms with Crippen LogP contribution in [0.15, 0.2) is 48.2 Å². The number of nitrogens with zero attached hydrogens (tertiary/aromatic N) is 4. The number of pyridine rings is 1. The van der Waals surface area contributed by atoms with Gasteiger partial charge in [-0.3, -0.25) is 19.7 Å². The molecule has 2 amide bonds. The predicted octanol–water partition coefficient (Wildman–Crippen LogP) is 3.42. The summed E-state index contributed by atoms with van der Waals surface area (Å²) in [4.78, 5) is 35.5. The first-order valence-electron chi connectivity index (χ1n) is 11.5. The number of hydrogen-bond acceptors (Lipinski definition) is 9. The van der Waals surface area contributed by atoms with Crippen molar-refractivity contribution in [2.75, 3.05) is 48.3 Å². The van der Waals surface area contributed by atoms with Crippen LogP contribution in [0.1, 0.15) is 16.7 Å². The Bertz CT molecular complexity index is 1410. The first-order valence-corrected chi connectivity index (χ1v) is 12.4. The molecule has 36 heavy (non-hydrogen) atoms. The van der Waals surface area contributed by atoms with Gasteiger partial charge in [-0.1, -0.05) is 6.07 Å². The van der Waals surface area contributed by atoms with Crippen LogP contribution in [-0.2, 0) is 4.74 Å². The number of carbonyl (C=O) groups excluding carboxylic acids is 2. The molecule has 4 heterocycles. The minimum Gasteiger partial charge on any atom is -0.494 e. The average molecular weight is 508 g/mol. The second kappa shape index (κ2) is 10.2. The Balaban J connectivity index is 1.36. The highest BCUT2D eigenvalue weighted by atomic mass is 32.1. The molecule has 5 rings (SSSR count). The molecular weight excluding hydrogens is 482 g/mol. The molecule has 4 N–H and O–H groups in total. The largest absolute Gasteiger partial charge is 0.494 e. The van der Waals surface area contributed by atoms with Gasteiger partial charge in [0.15, 0.2) is 10.8 Å². The maximum absolute atomic E-state index is 13.0. The molecule has 12 heteroatoms. The van der Waals surface area contributed by atoms with E-state index in [0.717, 1.165) is 37.3 Å². The maximum Gasteiger partial charge on any atom is 0.411 e. The van der Waals surface area contributed by atoms with Gasteiger partial charge in [-0.05, 0) is 25.1 Å². The minimum atomic E-state index is -0.570. The number of aromatic nitrogens is 3. The van der Waals surface area contributed by atoms with Crippen LogP contribution in [0.3, 0.4) is 0 Å². The lowest BCUT2D eigenvalue weighted by Crippen LogP contribution is -2.43. The van der Waals surface area contributed by atoms with Crippen LogP contribution in [0.2, 0.25) is 0 Å². The Morgan fingerprint density at radius 3 is 2.86 bits per heavy atom. The predicted molar refractivity (Wildman–Crippen MR) is 139 cm³/mol. The molecule has 11 nitrogen and oxygen atoms in total. The molecule has 1 fully saturated rings. The van der Waals surface area contributed by atoms with E-state index in [1.807, 2.05) is 6.07 Å². The molecule has 0 spiro atoms. The Morgan fingerprint density at radius 1 is 1.22 bits per heavy atom. The third kappa shape index (κ3) is 4.81. The van der Waals surface area contributed by atoms with E-state index in [9.17, 15) is 14.7 Å². The van der Waals surface area contributed by atoms with Gasteiger partial charge in [-0.2, -0.15) is 0 Å². The highest BCUT2D eigenvalue weighted by Gasteiger charge is 2.19. The molecule has 0 unspecified atom stereocenters. The summed E-state index contributed by atoms with van der Waals surface area (Å²) in [7, 11) is 0. The first kappa shape index (κ1) is 23.6. The molecule has 0 aliphatic carbocycles. The zero-order valence-electron chi connectivity index (χ0n) is 19.5. The van der Waals surface area contributed by atoms with E-state index in [-0.39, 0.29) is 23.4 Å². The fraction of sp³-hybridized carbons (Fsp3) is 0.250. The fourth-order valence-electron chi connectivity index (χ4n) is 4.05. The lowest BCUT2D eigenvalue weighted by atomic mass is 10.2. The Labute approximate surface area is 210 Å².